The third-order valence-electron chi connectivity index (χ3n) is 4.16. The number of amides is 1. The third-order valence-corrected chi connectivity index (χ3v) is 5.77. The molecule has 2 saturated heterocycles. The van der Waals surface area contributed by atoms with Crippen molar-refractivity contribution >= 4 is 15.7 Å². The smallest absolute Gasteiger partial charge is 0.280 e. The molecular weight excluding hydrogens is 240 g/mol. The predicted octanol–water partition coefficient (Wildman–Crippen LogP) is -0.518. The van der Waals surface area contributed by atoms with E-state index in [-0.39, 0.29) is 23.5 Å². The minimum Gasteiger partial charge on any atom is -0.344 e. The summed E-state index contributed by atoms with van der Waals surface area (Å²) in [5.41, 5.74) is 0. The molecule has 1 unspecified atom stereocenters. The molecule has 0 aromatic heterocycles. The molecule has 0 aromatic carbocycles. The van der Waals surface area contributed by atoms with Crippen molar-refractivity contribution in [2.24, 2.45) is 0 Å². The number of carbonyl (C=O) groups excluding carboxylic acids is 1. The fraction of sp³-hybridized carbons (Fsp3) is 0.909. The Balaban J connectivity index is 2.17. The monoisotopic (exact) mass is 261 g/mol. The maximum absolute atomic E-state index is 12.1. The maximum atomic E-state index is 12.1. The first-order valence-corrected chi connectivity index (χ1v) is 7.96. The van der Waals surface area contributed by atoms with E-state index in [1.807, 2.05) is 0 Å². The van der Waals surface area contributed by atoms with Crippen molar-refractivity contribution in [1.29, 1.82) is 0 Å². The van der Waals surface area contributed by atoms with Gasteiger partial charge in [-0.25, -0.2) is 8.42 Å². The molecule has 1 atom stereocenters. The van der Waals surface area contributed by atoms with Crippen LogP contribution in [0.25, 0.3) is 0 Å². The van der Waals surface area contributed by atoms with Crippen molar-refractivity contribution in [3.8, 4) is 0 Å². The van der Waals surface area contributed by atoms with Crippen molar-refractivity contribution < 1.29 is 17.7 Å². The number of sulfone groups is 1. The molecular formula is C11H21N2O3S+. The second-order valence-corrected chi connectivity index (χ2v) is 7.74. The fourth-order valence-corrected chi connectivity index (χ4v) is 4.56. The van der Waals surface area contributed by atoms with Crippen LogP contribution < -0.4 is 0 Å². The van der Waals surface area contributed by atoms with E-state index in [0.29, 0.717) is 17.6 Å². The summed E-state index contributed by atoms with van der Waals surface area (Å²) >= 11 is 0. The number of nitrogens with zero attached hydrogens (tertiary/aromatic N) is 2. The summed E-state index contributed by atoms with van der Waals surface area (Å²) in [4.78, 5) is 13.8. The molecule has 17 heavy (non-hydrogen) atoms. The van der Waals surface area contributed by atoms with Crippen LogP contribution in [0.5, 0.6) is 0 Å². The molecule has 0 saturated carbocycles. The molecule has 5 nitrogen and oxygen atoms in total. The van der Waals surface area contributed by atoms with Crippen LogP contribution >= 0.6 is 0 Å². The zero-order chi connectivity index (χ0) is 12.7. The van der Waals surface area contributed by atoms with Crippen LogP contribution in [0, 0.1) is 0 Å². The number of quaternary nitrogens is 1. The van der Waals surface area contributed by atoms with Crippen molar-refractivity contribution in [3.05, 3.63) is 0 Å². The first-order valence-electron chi connectivity index (χ1n) is 6.14. The van der Waals surface area contributed by atoms with Crippen LogP contribution in [-0.2, 0) is 14.6 Å². The Morgan fingerprint density at radius 2 is 1.76 bits per heavy atom. The first kappa shape index (κ1) is 12.8. The Hall–Kier alpha value is -0.620. The molecule has 0 radical (unpaired) electrons. The molecule has 1 spiro atoms. The summed E-state index contributed by atoms with van der Waals surface area (Å²) in [6.45, 7) is 2.19. The minimum atomic E-state index is -2.86. The van der Waals surface area contributed by atoms with Crippen molar-refractivity contribution in [2.45, 2.75) is 18.9 Å². The summed E-state index contributed by atoms with van der Waals surface area (Å²) in [6.07, 6.45) is 1.93. The zero-order valence-corrected chi connectivity index (χ0v) is 11.4. The SMILES string of the molecule is CN(C)C(=O)C1CCC[N+]12CCS(=O)(=O)CC2. The molecule has 2 rings (SSSR count). The van der Waals surface area contributed by atoms with Crippen molar-refractivity contribution in [1.82, 2.24) is 4.90 Å². The number of rotatable bonds is 1. The Kier molecular flexibility index (Phi) is 3.20. The Morgan fingerprint density at radius 1 is 1.18 bits per heavy atom. The lowest BCUT2D eigenvalue weighted by molar-refractivity contribution is -0.928. The molecule has 98 valence electrons. The van der Waals surface area contributed by atoms with Gasteiger partial charge in [-0.05, 0) is 0 Å². The van der Waals surface area contributed by atoms with Crippen LogP contribution in [0.2, 0.25) is 0 Å². The highest BCUT2D eigenvalue weighted by molar-refractivity contribution is 7.91. The van der Waals surface area contributed by atoms with E-state index >= 15 is 0 Å². The molecule has 0 aromatic rings. The largest absolute Gasteiger partial charge is 0.344 e. The van der Waals surface area contributed by atoms with Crippen LogP contribution in [-0.4, -0.2) is 75.0 Å². The lowest BCUT2D eigenvalue weighted by atomic mass is 10.1. The molecule has 0 aliphatic carbocycles. The van der Waals surface area contributed by atoms with E-state index < -0.39 is 9.84 Å². The van der Waals surface area contributed by atoms with Gasteiger partial charge in [-0.1, -0.05) is 0 Å². The van der Waals surface area contributed by atoms with Gasteiger partial charge < -0.3 is 9.38 Å². The molecule has 2 aliphatic rings. The average Bonchev–Trinajstić information content (AvgIpc) is 2.66. The lowest BCUT2D eigenvalue weighted by Crippen LogP contribution is -2.62. The van der Waals surface area contributed by atoms with Gasteiger partial charge in [0.1, 0.15) is 0 Å². The van der Waals surface area contributed by atoms with Gasteiger partial charge in [0, 0.05) is 26.9 Å². The van der Waals surface area contributed by atoms with Crippen molar-refractivity contribution in [2.75, 3.05) is 45.2 Å². The van der Waals surface area contributed by atoms with Gasteiger partial charge >= 0.3 is 0 Å². The van der Waals surface area contributed by atoms with Gasteiger partial charge in [-0.2, -0.15) is 0 Å². The molecule has 2 heterocycles. The Labute approximate surface area is 103 Å². The number of carbonyl (C=O) groups is 1. The van der Waals surface area contributed by atoms with Crippen LogP contribution in [0.4, 0.5) is 0 Å². The zero-order valence-electron chi connectivity index (χ0n) is 10.6. The summed E-state index contributed by atoms with van der Waals surface area (Å²) < 4.78 is 23.7. The number of hydrogen-bond donors (Lipinski definition) is 0. The molecule has 1 amide bonds. The van der Waals surface area contributed by atoms with Gasteiger partial charge in [0.25, 0.3) is 5.91 Å². The Bertz CT molecular complexity index is 402. The topological polar surface area (TPSA) is 54.5 Å². The predicted molar refractivity (Wildman–Crippen MR) is 65.2 cm³/mol. The Morgan fingerprint density at radius 3 is 2.29 bits per heavy atom. The van der Waals surface area contributed by atoms with E-state index in [1.165, 1.54) is 0 Å². The average molecular weight is 261 g/mol. The van der Waals surface area contributed by atoms with Gasteiger partial charge in [0.15, 0.2) is 15.9 Å². The highest BCUT2D eigenvalue weighted by Crippen LogP contribution is 2.30. The summed E-state index contributed by atoms with van der Waals surface area (Å²) in [5, 5.41) is 0. The van der Waals surface area contributed by atoms with E-state index in [1.54, 1.807) is 19.0 Å². The first-order chi connectivity index (χ1) is 7.86. The molecule has 0 bridgehead atoms. The van der Waals surface area contributed by atoms with Gasteiger partial charge in [-0.3, -0.25) is 4.79 Å². The van der Waals surface area contributed by atoms with E-state index in [4.69, 9.17) is 0 Å². The highest BCUT2D eigenvalue weighted by Gasteiger charge is 2.49. The maximum Gasteiger partial charge on any atom is 0.280 e. The summed E-state index contributed by atoms with van der Waals surface area (Å²) in [6, 6.07) is -0.0134. The molecule has 2 aliphatic heterocycles. The number of hydrogen-bond acceptors (Lipinski definition) is 3. The second kappa shape index (κ2) is 4.24. The van der Waals surface area contributed by atoms with Crippen molar-refractivity contribution in [3.63, 3.8) is 0 Å². The van der Waals surface area contributed by atoms with Gasteiger partial charge in [0.05, 0.1) is 31.1 Å². The standard InChI is InChI=1S/C11H21N2O3S/c1-12(2)11(14)10-4-3-5-13(10)6-8-17(15,16)9-7-13/h10H,3-9H2,1-2H3/q+1. The lowest BCUT2D eigenvalue weighted by Gasteiger charge is -2.42. The van der Waals surface area contributed by atoms with E-state index in [9.17, 15) is 13.2 Å². The molecule has 0 N–H and O–H groups in total. The highest BCUT2D eigenvalue weighted by atomic mass is 32.2. The third kappa shape index (κ3) is 2.33. The van der Waals surface area contributed by atoms with Crippen LogP contribution in [0.15, 0.2) is 0 Å². The molecule has 6 heteroatoms. The van der Waals surface area contributed by atoms with Crippen LogP contribution in [0.1, 0.15) is 12.8 Å². The van der Waals surface area contributed by atoms with E-state index in [2.05, 4.69) is 0 Å². The van der Waals surface area contributed by atoms with Crippen LogP contribution in [0.3, 0.4) is 0 Å². The fourth-order valence-electron chi connectivity index (χ4n) is 3.08. The molecule has 2 fully saturated rings. The quantitative estimate of drug-likeness (QED) is 0.597. The van der Waals surface area contributed by atoms with Gasteiger partial charge in [-0.15, -0.1) is 0 Å². The second-order valence-electron chi connectivity index (χ2n) is 5.43. The normalized spacial score (nSPS) is 30.4. The summed E-state index contributed by atoms with van der Waals surface area (Å²) in [5.74, 6) is 0.635. The number of likely N-dealkylation sites (N-methyl/N-ethyl adjacent to an activating group) is 1. The minimum absolute atomic E-state index is 0.0134. The summed E-state index contributed by atoms with van der Waals surface area (Å²) in [7, 11) is 0.695. The van der Waals surface area contributed by atoms with E-state index in [0.717, 1.165) is 19.4 Å². The van der Waals surface area contributed by atoms with Gasteiger partial charge in [0.2, 0.25) is 0 Å².